The van der Waals surface area contributed by atoms with Gasteiger partial charge >= 0.3 is 0 Å². The van der Waals surface area contributed by atoms with Crippen LogP contribution in [0.5, 0.6) is 5.75 Å². The van der Waals surface area contributed by atoms with E-state index in [9.17, 15) is 8.42 Å². The summed E-state index contributed by atoms with van der Waals surface area (Å²) in [5.74, 6) is 3.27. The third-order valence-corrected chi connectivity index (χ3v) is 6.75. The summed E-state index contributed by atoms with van der Waals surface area (Å²) >= 11 is 0. The van der Waals surface area contributed by atoms with E-state index in [1.54, 1.807) is 33.1 Å². The Hall–Kier alpha value is -2.29. The van der Waals surface area contributed by atoms with E-state index >= 15 is 0 Å². The van der Waals surface area contributed by atoms with Crippen LogP contribution < -0.4 is 4.74 Å². The van der Waals surface area contributed by atoms with E-state index < -0.39 is 16.1 Å². The van der Waals surface area contributed by atoms with Gasteiger partial charge in [0.15, 0.2) is 0 Å². The van der Waals surface area contributed by atoms with Crippen molar-refractivity contribution < 1.29 is 13.2 Å². The zero-order valence-corrected chi connectivity index (χ0v) is 15.4. The van der Waals surface area contributed by atoms with Crippen molar-refractivity contribution in [2.24, 2.45) is 0 Å². The summed E-state index contributed by atoms with van der Waals surface area (Å²) in [6.07, 6.45) is 6.20. The van der Waals surface area contributed by atoms with Gasteiger partial charge in [-0.3, -0.25) is 0 Å². The van der Waals surface area contributed by atoms with Gasteiger partial charge in [0.05, 0.1) is 18.0 Å². The van der Waals surface area contributed by atoms with Gasteiger partial charge in [-0.2, -0.15) is 4.31 Å². The van der Waals surface area contributed by atoms with Crippen LogP contribution in [-0.4, -0.2) is 31.9 Å². The second-order valence-electron chi connectivity index (χ2n) is 6.29. The van der Waals surface area contributed by atoms with Crippen LogP contribution in [0.4, 0.5) is 0 Å². The Balaban J connectivity index is 1.94. The Morgan fingerprint density at radius 1 is 1.16 bits per heavy atom. The van der Waals surface area contributed by atoms with Gasteiger partial charge in [-0.1, -0.05) is 36.3 Å². The van der Waals surface area contributed by atoms with Crippen molar-refractivity contribution in [2.45, 2.75) is 37.2 Å². The number of sulfonamides is 1. The standard InChI is InChI=1S/C20H21NO3S/c1-5-18-19(13-16-9-7-6-8-10-16)21(18)25(22,23)20-14(2)11-17(24-4)12-15(20)3/h1,6-12,18-19H,13H2,2-4H3/t18-,19+,21?/m1/s1. The maximum atomic E-state index is 13.2. The highest BCUT2D eigenvalue weighted by molar-refractivity contribution is 7.89. The second kappa shape index (κ2) is 6.55. The van der Waals surface area contributed by atoms with E-state index in [0.717, 1.165) is 5.56 Å². The minimum Gasteiger partial charge on any atom is -0.497 e. The molecule has 130 valence electrons. The van der Waals surface area contributed by atoms with E-state index in [-0.39, 0.29) is 6.04 Å². The number of rotatable bonds is 5. The summed E-state index contributed by atoms with van der Waals surface area (Å²) in [5, 5.41) is 0. The molecule has 1 aliphatic heterocycles. The molecule has 0 saturated carbocycles. The van der Waals surface area contributed by atoms with Gasteiger partial charge in [-0.15, -0.1) is 6.42 Å². The fourth-order valence-corrected chi connectivity index (χ4v) is 5.50. The maximum Gasteiger partial charge on any atom is 0.245 e. The molecule has 1 saturated heterocycles. The summed E-state index contributed by atoms with van der Waals surface area (Å²) in [6, 6.07) is 12.7. The summed E-state index contributed by atoms with van der Waals surface area (Å²) in [4.78, 5) is 0.323. The summed E-state index contributed by atoms with van der Waals surface area (Å²) in [5.41, 5.74) is 2.41. The molecule has 0 radical (unpaired) electrons. The Labute approximate surface area is 149 Å². The first kappa shape index (κ1) is 17.5. The van der Waals surface area contributed by atoms with Crippen molar-refractivity contribution >= 4 is 10.0 Å². The molecule has 5 heteroatoms. The van der Waals surface area contributed by atoms with E-state index in [0.29, 0.717) is 28.2 Å². The van der Waals surface area contributed by atoms with Crippen molar-refractivity contribution in [3.8, 4) is 18.1 Å². The Bertz CT molecular complexity index is 906. The minimum atomic E-state index is -3.65. The second-order valence-corrected chi connectivity index (χ2v) is 8.07. The predicted octanol–water partition coefficient (Wildman–Crippen LogP) is 2.93. The average Bonchev–Trinajstić information content (AvgIpc) is 3.28. The molecule has 3 rings (SSSR count). The number of nitrogens with zero attached hydrogens (tertiary/aromatic N) is 1. The number of aryl methyl sites for hydroxylation is 2. The SMILES string of the molecule is C#C[C@@H]1[C@H](Cc2ccccc2)N1S(=O)(=O)c1c(C)cc(OC)cc1C. The first-order valence-corrected chi connectivity index (χ1v) is 9.53. The number of hydrogen-bond acceptors (Lipinski definition) is 3. The Kier molecular flexibility index (Phi) is 4.59. The van der Waals surface area contributed by atoms with Crippen molar-refractivity contribution in [1.29, 1.82) is 0 Å². The molecule has 1 heterocycles. The number of hydrogen-bond donors (Lipinski definition) is 0. The zero-order chi connectivity index (χ0) is 18.2. The normalized spacial score (nSPS) is 22.2. The molecule has 3 atom stereocenters. The Morgan fingerprint density at radius 3 is 2.28 bits per heavy atom. The third kappa shape index (κ3) is 3.15. The van der Waals surface area contributed by atoms with Gasteiger partial charge in [0, 0.05) is 0 Å². The van der Waals surface area contributed by atoms with E-state index in [4.69, 9.17) is 11.2 Å². The highest BCUT2D eigenvalue weighted by Crippen LogP contribution is 2.40. The van der Waals surface area contributed by atoms with Crippen molar-refractivity contribution in [3.05, 3.63) is 59.2 Å². The van der Waals surface area contributed by atoms with Crippen molar-refractivity contribution in [2.75, 3.05) is 7.11 Å². The lowest BCUT2D eigenvalue weighted by Gasteiger charge is -2.14. The van der Waals surface area contributed by atoms with E-state index in [1.165, 1.54) is 4.31 Å². The molecule has 2 aromatic rings. The highest BCUT2D eigenvalue weighted by Gasteiger charge is 2.55. The molecule has 4 nitrogen and oxygen atoms in total. The van der Waals surface area contributed by atoms with Crippen LogP contribution in [0.1, 0.15) is 16.7 Å². The van der Waals surface area contributed by atoms with Gasteiger partial charge in [-0.25, -0.2) is 8.42 Å². The molecule has 0 amide bonds. The summed E-state index contributed by atoms with van der Waals surface area (Å²) in [6.45, 7) is 3.56. The third-order valence-electron chi connectivity index (χ3n) is 4.54. The molecule has 0 aliphatic carbocycles. The number of benzene rings is 2. The van der Waals surface area contributed by atoms with Crippen LogP contribution in [0.3, 0.4) is 0 Å². The zero-order valence-electron chi connectivity index (χ0n) is 14.6. The van der Waals surface area contributed by atoms with Gasteiger partial charge in [0.25, 0.3) is 0 Å². The summed E-state index contributed by atoms with van der Waals surface area (Å²) in [7, 11) is -2.08. The lowest BCUT2D eigenvalue weighted by Crippen LogP contribution is -2.19. The molecule has 0 spiro atoms. The van der Waals surface area contributed by atoms with Gasteiger partial charge in [0.1, 0.15) is 11.8 Å². The van der Waals surface area contributed by atoms with Gasteiger partial charge < -0.3 is 4.74 Å². The van der Waals surface area contributed by atoms with Gasteiger partial charge in [-0.05, 0) is 49.1 Å². The topological polar surface area (TPSA) is 46.4 Å². The Morgan fingerprint density at radius 2 is 1.76 bits per heavy atom. The van der Waals surface area contributed by atoms with Crippen LogP contribution in [0.15, 0.2) is 47.4 Å². The fourth-order valence-electron chi connectivity index (χ4n) is 3.37. The number of ether oxygens (including phenoxy) is 1. The molecule has 2 aromatic carbocycles. The number of terminal acetylenes is 1. The van der Waals surface area contributed by atoms with E-state index in [2.05, 4.69) is 5.92 Å². The molecule has 0 bridgehead atoms. The lowest BCUT2D eigenvalue weighted by molar-refractivity contribution is 0.413. The molecule has 25 heavy (non-hydrogen) atoms. The van der Waals surface area contributed by atoms with Crippen molar-refractivity contribution in [1.82, 2.24) is 4.31 Å². The molecular weight excluding hydrogens is 334 g/mol. The molecule has 0 aromatic heterocycles. The van der Waals surface area contributed by atoms with Crippen LogP contribution in [0.25, 0.3) is 0 Å². The maximum absolute atomic E-state index is 13.2. The first-order chi connectivity index (χ1) is 11.9. The lowest BCUT2D eigenvalue weighted by atomic mass is 10.1. The molecule has 1 fully saturated rings. The van der Waals surface area contributed by atoms with Gasteiger partial charge in [0.2, 0.25) is 10.0 Å². The molecular formula is C20H21NO3S. The monoisotopic (exact) mass is 355 g/mol. The smallest absolute Gasteiger partial charge is 0.245 e. The van der Waals surface area contributed by atoms with Crippen LogP contribution >= 0.6 is 0 Å². The van der Waals surface area contributed by atoms with Crippen LogP contribution in [0.2, 0.25) is 0 Å². The van der Waals surface area contributed by atoms with Crippen LogP contribution in [0, 0.1) is 26.2 Å². The largest absolute Gasteiger partial charge is 0.497 e. The number of methoxy groups -OCH3 is 1. The summed E-state index contributed by atoms with van der Waals surface area (Å²) < 4.78 is 33.1. The first-order valence-electron chi connectivity index (χ1n) is 8.09. The van der Waals surface area contributed by atoms with Crippen molar-refractivity contribution in [3.63, 3.8) is 0 Å². The molecule has 1 aliphatic rings. The molecule has 1 unspecified atom stereocenters. The minimum absolute atomic E-state index is 0.196. The van der Waals surface area contributed by atoms with E-state index in [1.807, 2.05) is 30.3 Å². The predicted molar refractivity (Wildman–Crippen MR) is 98.0 cm³/mol. The average molecular weight is 355 g/mol. The highest BCUT2D eigenvalue weighted by atomic mass is 32.2. The molecule has 0 N–H and O–H groups in total. The quantitative estimate of drug-likeness (QED) is 0.612. The fraction of sp³-hybridized carbons (Fsp3) is 0.300. The van der Waals surface area contributed by atoms with Crippen LogP contribution in [-0.2, 0) is 16.4 Å².